The van der Waals surface area contributed by atoms with Crippen LogP contribution < -0.4 is 0 Å². The van der Waals surface area contributed by atoms with Crippen molar-refractivity contribution in [1.82, 2.24) is 0 Å². The lowest BCUT2D eigenvalue weighted by atomic mass is 10.5. The number of amidine groups is 1. The molecule has 0 aromatic heterocycles. The number of hydrogen-bond acceptors (Lipinski definition) is 1. The van der Waals surface area contributed by atoms with Crippen LogP contribution in [0.25, 0.3) is 0 Å². The van der Waals surface area contributed by atoms with Gasteiger partial charge < -0.3 is 0 Å². The van der Waals surface area contributed by atoms with E-state index < -0.39 is 0 Å². The molecule has 2 heteroatoms. The largest absolute Gasteiger partial charge is 0.250 e. The van der Waals surface area contributed by atoms with Crippen LogP contribution in [0.1, 0.15) is 20.8 Å². The van der Waals surface area contributed by atoms with Gasteiger partial charge in [-0.1, -0.05) is 6.08 Å². The highest BCUT2D eigenvalue weighted by Gasteiger charge is 1.81. The third-order valence-electron chi connectivity index (χ3n) is 0.985. The van der Waals surface area contributed by atoms with Crippen molar-refractivity contribution in [3.8, 4) is 0 Å². The van der Waals surface area contributed by atoms with Crippen molar-refractivity contribution in [2.75, 3.05) is 0 Å². The average molecular weight is 124 g/mol. The molecule has 0 aromatic carbocycles. The van der Waals surface area contributed by atoms with Crippen molar-refractivity contribution in [1.29, 1.82) is 0 Å². The SMILES string of the molecule is C=N/C(C)=N\C(C)=C/C. The summed E-state index contributed by atoms with van der Waals surface area (Å²) in [6, 6.07) is 0. The van der Waals surface area contributed by atoms with Crippen molar-refractivity contribution >= 4 is 12.6 Å². The molecular formula is C7H12N2. The van der Waals surface area contributed by atoms with E-state index in [0.717, 1.165) is 5.70 Å². The molecule has 0 amide bonds. The molecule has 0 aliphatic heterocycles. The van der Waals surface area contributed by atoms with Gasteiger partial charge in [-0.05, 0) is 27.5 Å². The van der Waals surface area contributed by atoms with E-state index in [1.807, 2.05) is 26.8 Å². The third kappa shape index (κ3) is 3.64. The third-order valence-corrected chi connectivity index (χ3v) is 0.985. The van der Waals surface area contributed by atoms with Gasteiger partial charge in [0.15, 0.2) is 0 Å². The van der Waals surface area contributed by atoms with Crippen molar-refractivity contribution in [3.63, 3.8) is 0 Å². The molecule has 0 unspecified atom stereocenters. The summed E-state index contributed by atoms with van der Waals surface area (Å²) in [5.74, 6) is 0.714. The minimum absolute atomic E-state index is 0.714. The highest BCUT2D eigenvalue weighted by atomic mass is 14.9. The molecule has 0 aromatic rings. The normalized spacial score (nSPS) is 13.7. The van der Waals surface area contributed by atoms with Crippen molar-refractivity contribution < 1.29 is 0 Å². The van der Waals surface area contributed by atoms with Gasteiger partial charge in [0.25, 0.3) is 0 Å². The molecular weight excluding hydrogens is 112 g/mol. The summed E-state index contributed by atoms with van der Waals surface area (Å²) in [4.78, 5) is 7.70. The van der Waals surface area contributed by atoms with Gasteiger partial charge in [-0.15, -0.1) is 0 Å². The standard InChI is InChI=1S/C7H12N2/c1-5-6(2)9-7(3)8-4/h5H,4H2,1-3H3/b6-5-,9-7-. The molecule has 0 bridgehead atoms. The summed E-state index contributed by atoms with van der Waals surface area (Å²) >= 11 is 0. The van der Waals surface area contributed by atoms with E-state index in [1.54, 1.807) is 0 Å². The van der Waals surface area contributed by atoms with Gasteiger partial charge in [-0.3, -0.25) is 0 Å². The summed E-state index contributed by atoms with van der Waals surface area (Å²) in [6.07, 6.45) is 1.93. The zero-order valence-electron chi connectivity index (χ0n) is 6.18. The Labute approximate surface area is 56.0 Å². The summed E-state index contributed by atoms with van der Waals surface area (Å²) in [5, 5.41) is 0. The van der Waals surface area contributed by atoms with Gasteiger partial charge in [-0.25, -0.2) is 9.98 Å². The second kappa shape index (κ2) is 4.01. The fraction of sp³-hybridized carbons (Fsp3) is 0.429. The van der Waals surface area contributed by atoms with Crippen molar-refractivity contribution in [3.05, 3.63) is 11.8 Å². The fourth-order valence-corrected chi connectivity index (χ4v) is 0.355. The molecule has 0 fully saturated rings. The zero-order valence-corrected chi connectivity index (χ0v) is 6.18. The Morgan fingerprint density at radius 3 is 2.33 bits per heavy atom. The number of hydrogen-bond donors (Lipinski definition) is 0. The minimum atomic E-state index is 0.714. The molecule has 0 saturated heterocycles. The van der Waals surface area contributed by atoms with Crippen LogP contribution in [0, 0.1) is 0 Å². The first-order valence-corrected chi connectivity index (χ1v) is 2.85. The van der Waals surface area contributed by atoms with E-state index in [-0.39, 0.29) is 0 Å². The van der Waals surface area contributed by atoms with E-state index in [9.17, 15) is 0 Å². The number of rotatable bonds is 1. The molecule has 0 rings (SSSR count). The molecule has 0 aliphatic carbocycles. The van der Waals surface area contributed by atoms with Gasteiger partial charge in [0.2, 0.25) is 0 Å². The second-order valence-electron chi connectivity index (χ2n) is 1.75. The Hall–Kier alpha value is -0.920. The van der Waals surface area contributed by atoms with Crippen molar-refractivity contribution in [2.45, 2.75) is 20.8 Å². The van der Waals surface area contributed by atoms with Gasteiger partial charge in [0, 0.05) is 5.70 Å². The zero-order chi connectivity index (χ0) is 7.28. The first-order valence-electron chi connectivity index (χ1n) is 2.85. The first-order chi connectivity index (χ1) is 4.20. The van der Waals surface area contributed by atoms with Crippen LogP contribution in [0.4, 0.5) is 0 Å². The quantitative estimate of drug-likeness (QED) is 0.377. The van der Waals surface area contributed by atoms with E-state index in [0.29, 0.717) is 5.84 Å². The Bertz CT molecular complexity index is 154. The Morgan fingerprint density at radius 2 is 2.00 bits per heavy atom. The second-order valence-corrected chi connectivity index (χ2v) is 1.75. The maximum Gasteiger partial charge on any atom is 0.124 e. The summed E-state index contributed by atoms with van der Waals surface area (Å²) in [6.45, 7) is 9.02. The summed E-state index contributed by atoms with van der Waals surface area (Å²) < 4.78 is 0. The average Bonchev–Trinajstić information content (AvgIpc) is 1.87. The molecule has 0 atom stereocenters. The first kappa shape index (κ1) is 8.08. The molecule has 0 heterocycles. The van der Waals surface area contributed by atoms with Crippen LogP contribution in [-0.4, -0.2) is 12.6 Å². The van der Waals surface area contributed by atoms with E-state index in [2.05, 4.69) is 16.7 Å². The number of nitrogens with zero attached hydrogens (tertiary/aromatic N) is 2. The van der Waals surface area contributed by atoms with E-state index in [1.165, 1.54) is 0 Å². The predicted molar refractivity (Wildman–Crippen MR) is 42.1 cm³/mol. The molecule has 0 aliphatic rings. The van der Waals surface area contributed by atoms with Gasteiger partial charge in [0.1, 0.15) is 5.84 Å². The van der Waals surface area contributed by atoms with Crippen LogP contribution in [0.5, 0.6) is 0 Å². The molecule has 0 saturated carbocycles. The van der Waals surface area contributed by atoms with Crippen molar-refractivity contribution in [2.24, 2.45) is 9.98 Å². The van der Waals surface area contributed by atoms with Gasteiger partial charge in [-0.2, -0.15) is 0 Å². The highest BCUT2D eigenvalue weighted by Crippen LogP contribution is 1.93. The Morgan fingerprint density at radius 1 is 1.44 bits per heavy atom. The molecule has 2 nitrogen and oxygen atoms in total. The van der Waals surface area contributed by atoms with Gasteiger partial charge in [0.05, 0.1) is 0 Å². The molecule has 0 radical (unpaired) electrons. The fourth-order valence-electron chi connectivity index (χ4n) is 0.355. The minimum Gasteiger partial charge on any atom is -0.250 e. The van der Waals surface area contributed by atoms with E-state index in [4.69, 9.17) is 0 Å². The number of aliphatic imine (C=N–C) groups is 2. The molecule has 0 N–H and O–H groups in total. The number of allylic oxidation sites excluding steroid dienone is 2. The Kier molecular flexibility index (Phi) is 3.60. The van der Waals surface area contributed by atoms with Gasteiger partial charge >= 0.3 is 0 Å². The molecule has 0 spiro atoms. The lowest BCUT2D eigenvalue weighted by Crippen LogP contribution is -1.82. The summed E-state index contributed by atoms with van der Waals surface area (Å²) in [7, 11) is 0. The maximum absolute atomic E-state index is 4.06. The van der Waals surface area contributed by atoms with Crippen LogP contribution in [0.3, 0.4) is 0 Å². The maximum atomic E-state index is 4.06. The monoisotopic (exact) mass is 124 g/mol. The lowest BCUT2D eigenvalue weighted by molar-refractivity contribution is 1.26. The van der Waals surface area contributed by atoms with Crippen LogP contribution in [0.2, 0.25) is 0 Å². The lowest BCUT2D eigenvalue weighted by Gasteiger charge is -1.89. The topological polar surface area (TPSA) is 24.7 Å². The Balaban J connectivity index is 4.11. The smallest absolute Gasteiger partial charge is 0.124 e. The van der Waals surface area contributed by atoms with Crippen LogP contribution in [0.15, 0.2) is 21.8 Å². The summed E-state index contributed by atoms with van der Waals surface area (Å²) in [5.41, 5.74) is 0.972. The highest BCUT2D eigenvalue weighted by molar-refractivity contribution is 5.84. The predicted octanol–water partition coefficient (Wildman–Crippen LogP) is 2.03. The van der Waals surface area contributed by atoms with E-state index >= 15 is 0 Å². The van der Waals surface area contributed by atoms with Crippen LogP contribution >= 0.6 is 0 Å². The molecule has 9 heavy (non-hydrogen) atoms. The molecule has 50 valence electrons. The van der Waals surface area contributed by atoms with Crippen LogP contribution in [-0.2, 0) is 0 Å².